The first-order valence-electron chi connectivity index (χ1n) is 8.80. The van der Waals surface area contributed by atoms with Gasteiger partial charge in [-0.25, -0.2) is 4.68 Å². The predicted molar refractivity (Wildman–Crippen MR) is 95.9 cm³/mol. The van der Waals surface area contributed by atoms with Gasteiger partial charge in [-0.1, -0.05) is 25.1 Å². The highest BCUT2D eigenvalue weighted by molar-refractivity contribution is 5.96. The van der Waals surface area contributed by atoms with Crippen LogP contribution in [0, 0.1) is 0 Å². The van der Waals surface area contributed by atoms with E-state index in [1.165, 1.54) is 4.90 Å². The zero-order valence-electron chi connectivity index (χ0n) is 14.8. The van der Waals surface area contributed by atoms with Crippen molar-refractivity contribution in [1.29, 1.82) is 0 Å². The van der Waals surface area contributed by atoms with Gasteiger partial charge in [0.25, 0.3) is 5.91 Å². The van der Waals surface area contributed by atoms with Gasteiger partial charge >= 0.3 is 0 Å². The first-order chi connectivity index (χ1) is 12.1. The molecule has 132 valence electrons. The molecule has 0 aliphatic heterocycles. The number of hydrogen-bond acceptors (Lipinski definition) is 3. The number of likely N-dealkylation sites (N-methyl/N-ethyl adjacent to an activating group) is 1. The average Bonchev–Trinajstić information content (AvgIpc) is 3.22. The molecule has 3 rings (SSSR count). The molecule has 0 bridgehead atoms. The number of benzene rings is 1. The fourth-order valence-electron chi connectivity index (χ4n) is 3.18. The lowest BCUT2D eigenvalue weighted by molar-refractivity contribution is -0.121. The third kappa shape index (κ3) is 3.57. The number of amides is 2. The van der Waals surface area contributed by atoms with E-state index in [0.717, 1.165) is 42.6 Å². The number of nitrogens with one attached hydrogen (secondary N) is 1. The first kappa shape index (κ1) is 17.2. The minimum atomic E-state index is -0.195. The molecule has 1 aromatic heterocycles. The molecule has 0 fully saturated rings. The molecule has 0 atom stereocenters. The fourth-order valence-corrected chi connectivity index (χ4v) is 3.18. The number of aromatic nitrogens is 2. The van der Waals surface area contributed by atoms with Crippen molar-refractivity contribution in [1.82, 2.24) is 20.0 Å². The Morgan fingerprint density at radius 2 is 2.00 bits per heavy atom. The predicted octanol–water partition coefficient (Wildman–Crippen LogP) is 1.96. The summed E-state index contributed by atoms with van der Waals surface area (Å²) in [5.74, 6) is -0.337. The summed E-state index contributed by atoms with van der Waals surface area (Å²) in [6, 6.07) is 9.86. The smallest absolute Gasteiger partial charge is 0.274 e. The van der Waals surface area contributed by atoms with E-state index >= 15 is 0 Å². The van der Waals surface area contributed by atoms with Crippen molar-refractivity contribution in [2.45, 2.75) is 32.6 Å². The van der Waals surface area contributed by atoms with Gasteiger partial charge < -0.3 is 10.2 Å². The second-order valence-corrected chi connectivity index (χ2v) is 6.39. The van der Waals surface area contributed by atoms with Crippen LogP contribution in [0.4, 0.5) is 0 Å². The molecular weight excluding hydrogens is 316 g/mol. The van der Waals surface area contributed by atoms with Crippen molar-refractivity contribution in [3.05, 3.63) is 47.3 Å². The maximum Gasteiger partial charge on any atom is 0.274 e. The van der Waals surface area contributed by atoms with Crippen molar-refractivity contribution in [2.24, 2.45) is 0 Å². The van der Waals surface area contributed by atoms with Gasteiger partial charge in [-0.2, -0.15) is 5.10 Å². The van der Waals surface area contributed by atoms with Crippen LogP contribution in [0.1, 0.15) is 41.5 Å². The summed E-state index contributed by atoms with van der Waals surface area (Å²) in [5.41, 5.74) is 3.57. The number of carbonyl (C=O) groups is 2. The SMILES string of the molecule is CCCNC(=O)CN(C)C(=O)c1nn(-c2ccccc2)c2c1CCC2. The summed E-state index contributed by atoms with van der Waals surface area (Å²) in [5, 5.41) is 7.38. The lowest BCUT2D eigenvalue weighted by Gasteiger charge is -2.16. The van der Waals surface area contributed by atoms with Crippen molar-refractivity contribution in [3.63, 3.8) is 0 Å². The van der Waals surface area contributed by atoms with Gasteiger partial charge in [-0.05, 0) is 37.8 Å². The third-order valence-electron chi connectivity index (χ3n) is 4.43. The molecule has 1 N–H and O–H groups in total. The molecule has 1 aliphatic carbocycles. The number of fused-ring (bicyclic) bond motifs is 1. The van der Waals surface area contributed by atoms with Crippen LogP contribution >= 0.6 is 0 Å². The number of nitrogens with zero attached hydrogens (tertiary/aromatic N) is 3. The molecule has 2 amide bonds. The normalized spacial score (nSPS) is 12.7. The van der Waals surface area contributed by atoms with E-state index in [1.807, 2.05) is 41.9 Å². The van der Waals surface area contributed by atoms with Gasteiger partial charge in [0.05, 0.1) is 12.2 Å². The minimum absolute atomic E-state index is 0.0474. The van der Waals surface area contributed by atoms with Gasteiger partial charge in [0.15, 0.2) is 5.69 Å². The van der Waals surface area contributed by atoms with Gasteiger partial charge in [-0.15, -0.1) is 0 Å². The molecule has 0 unspecified atom stereocenters. The summed E-state index contributed by atoms with van der Waals surface area (Å²) >= 11 is 0. The summed E-state index contributed by atoms with van der Waals surface area (Å²) in [6.07, 6.45) is 3.68. The molecule has 1 aromatic carbocycles. The quantitative estimate of drug-likeness (QED) is 0.874. The van der Waals surface area contributed by atoms with Crippen molar-refractivity contribution in [2.75, 3.05) is 20.1 Å². The summed E-state index contributed by atoms with van der Waals surface area (Å²) in [4.78, 5) is 26.2. The molecule has 25 heavy (non-hydrogen) atoms. The van der Waals surface area contributed by atoms with Crippen LogP contribution in [0.15, 0.2) is 30.3 Å². The Bertz CT molecular complexity index is 767. The zero-order valence-corrected chi connectivity index (χ0v) is 14.8. The lowest BCUT2D eigenvalue weighted by atomic mass is 10.2. The Labute approximate surface area is 147 Å². The monoisotopic (exact) mass is 340 g/mol. The molecule has 6 nitrogen and oxygen atoms in total. The second-order valence-electron chi connectivity index (χ2n) is 6.39. The standard InChI is InChI=1S/C19H24N4O2/c1-3-12-20-17(24)13-22(2)19(25)18-15-10-7-11-16(15)23(21-18)14-8-5-4-6-9-14/h4-6,8-9H,3,7,10-13H2,1-2H3,(H,20,24). The number of rotatable bonds is 6. The van der Waals surface area contributed by atoms with Crippen LogP contribution in [0.25, 0.3) is 5.69 Å². The number of carbonyl (C=O) groups excluding carboxylic acids is 2. The largest absolute Gasteiger partial charge is 0.355 e. The maximum absolute atomic E-state index is 12.8. The molecule has 1 aliphatic rings. The lowest BCUT2D eigenvalue weighted by Crippen LogP contribution is -2.39. The van der Waals surface area contributed by atoms with E-state index in [2.05, 4.69) is 10.4 Å². The highest BCUT2D eigenvalue weighted by atomic mass is 16.2. The van der Waals surface area contributed by atoms with Crippen molar-refractivity contribution < 1.29 is 9.59 Å². The van der Waals surface area contributed by atoms with Crippen molar-refractivity contribution in [3.8, 4) is 5.69 Å². The van der Waals surface area contributed by atoms with Crippen LogP contribution in [-0.2, 0) is 17.6 Å². The van der Waals surface area contributed by atoms with Gasteiger partial charge in [0.1, 0.15) is 0 Å². The summed E-state index contributed by atoms with van der Waals surface area (Å²) in [7, 11) is 1.65. The Kier molecular flexibility index (Phi) is 5.16. The van der Waals surface area contributed by atoms with Gasteiger partial charge in [0, 0.05) is 24.8 Å². The van der Waals surface area contributed by atoms with Gasteiger partial charge in [-0.3, -0.25) is 9.59 Å². The summed E-state index contributed by atoms with van der Waals surface area (Å²) < 4.78 is 1.88. The highest BCUT2D eigenvalue weighted by Gasteiger charge is 2.29. The Morgan fingerprint density at radius 3 is 2.72 bits per heavy atom. The molecule has 0 saturated heterocycles. The number of para-hydroxylation sites is 1. The van der Waals surface area contributed by atoms with Crippen LogP contribution in [0.2, 0.25) is 0 Å². The fraction of sp³-hybridized carbons (Fsp3) is 0.421. The number of hydrogen-bond donors (Lipinski definition) is 1. The average molecular weight is 340 g/mol. The zero-order chi connectivity index (χ0) is 17.8. The molecule has 0 saturated carbocycles. The van der Waals surface area contributed by atoms with E-state index < -0.39 is 0 Å². The first-order valence-corrected chi connectivity index (χ1v) is 8.80. The summed E-state index contributed by atoms with van der Waals surface area (Å²) in [6.45, 7) is 2.67. The van der Waals surface area contributed by atoms with E-state index in [4.69, 9.17) is 0 Å². The Morgan fingerprint density at radius 1 is 1.24 bits per heavy atom. The van der Waals surface area contributed by atoms with Crippen molar-refractivity contribution >= 4 is 11.8 Å². The third-order valence-corrected chi connectivity index (χ3v) is 4.43. The maximum atomic E-state index is 12.8. The topological polar surface area (TPSA) is 67.2 Å². The van der Waals surface area contributed by atoms with E-state index in [1.54, 1.807) is 7.05 Å². The second kappa shape index (κ2) is 7.51. The van der Waals surface area contributed by atoms with E-state index in [0.29, 0.717) is 12.2 Å². The molecule has 2 aromatic rings. The van der Waals surface area contributed by atoms with Gasteiger partial charge in [0.2, 0.25) is 5.91 Å². The Hall–Kier alpha value is -2.63. The molecule has 0 radical (unpaired) electrons. The van der Waals surface area contributed by atoms with E-state index in [-0.39, 0.29) is 18.4 Å². The van der Waals surface area contributed by atoms with E-state index in [9.17, 15) is 9.59 Å². The minimum Gasteiger partial charge on any atom is -0.355 e. The molecule has 6 heteroatoms. The van der Waals surface area contributed by atoms with Crippen LogP contribution < -0.4 is 5.32 Å². The van der Waals surface area contributed by atoms with Crippen LogP contribution in [0.5, 0.6) is 0 Å². The molecular formula is C19H24N4O2. The molecule has 0 spiro atoms. The Balaban J connectivity index is 1.83. The van der Waals surface area contributed by atoms with Crippen LogP contribution in [0.3, 0.4) is 0 Å². The highest BCUT2D eigenvalue weighted by Crippen LogP contribution is 2.28. The van der Waals surface area contributed by atoms with Crippen LogP contribution in [-0.4, -0.2) is 46.6 Å². The molecule has 1 heterocycles.